The van der Waals surface area contributed by atoms with Gasteiger partial charge < -0.3 is 84.1 Å². The molecule has 8 bridgehead atoms. The number of nitrogens with two attached hydrogens (primary N) is 4. The van der Waals surface area contributed by atoms with Gasteiger partial charge in [0, 0.05) is 141 Å². The van der Waals surface area contributed by atoms with Gasteiger partial charge in [0.2, 0.25) is 29.5 Å². The molecule has 0 spiro atoms. The molecule has 7 heterocycles. The Hall–Kier alpha value is -6.69. The van der Waals surface area contributed by atoms with Gasteiger partial charge in [0.25, 0.3) is 0 Å². The van der Waals surface area contributed by atoms with Gasteiger partial charge in [-0.05, 0) is 107 Å². The summed E-state index contributed by atoms with van der Waals surface area (Å²) >= 11 is 0. The van der Waals surface area contributed by atoms with E-state index in [0.29, 0.717) is 56.4 Å². The first-order valence-corrected chi connectivity index (χ1v) is 31.3. The van der Waals surface area contributed by atoms with Crippen LogP contribution in [0.4, 0.5) is 0 Å². The first-order chi connectivity index (χ1) is 41.4. The number of primary amides is 4. The van der Waals surface area contributed by atoms with E-state index in [2.05, 4.69) is 15.6 Å². The largest absolute Gasteiger partial charge is 0.862 e. The van der Waals surface area contributed by atoms with Gasteiger partial charge in [0.15, 0.2) is 6.23 Å². The van der Waals surface area contributed by atoms with Crippen molar-refractivity contribution in [1.82, 2.24) is 20.2 Å². The van der Waals surface area contributed by atoms with Crippen LogP contribution < -0.4 is 43.8 Å². The number of phenolic OH excluding ortho intramolecular Hbond substituents is 1. The minimum atomic E-state index is -5.10. The van der Waals surface area contributed by atoms with Gasteiger partial charge in [-0.1, -0.05) is 34.6 Å². The topological polar surface area (TPSA) is 488 Å². The van der Waals surface area contributed by atoms with Crippen LogP contribution in [-0.4, -0.2) is 137 Å². The van der Waals surface area contributed by atoms with Crippen LogP contribution in [0, 0.1) is 56.2 Å². The van der Waals surface area contributed by atoms with E-state index < -0.39 is 143 Å². The fraction of sp³-hybridized carbons (Fsp3) is 0.617. The Balaban J connectivity index is 0.0000115. The standard InChI is InChI=1S/C60H86N13O15P.Co/c1-28(87-89(84,85)88-51-39(26-74)86-55(50(51)83)73-27-68-37-20-31(75)10-14-38(37)73)25-67-47(82)18-19-57(6)35(21-44(64)79)54-60(9)59(8,24-46(66)81)34(13-17-43(63)78)49(72-60)30(3)53-58(7,23-45(65)80)32(11-15-41(61)76)36(69-53)22-40-56(4,5)33(12-16-42(62)77)48(70-40)29(2)52(57)71-54;/h10,14,20,22,27-28,32-35,39,50-51,54-55,69,74-75,83H,11-13,15-19,21,23-26H2,1-9H3,(H2,61,76)(H2,62,77)(H2,63,78)(H2,64,79)(H2,65,80)(H2,66,81)(H,67,82)(H,84,85);/p-2/t28-,32-,33-,34-,35+,39-,50-,51-,54-,55+,57-,58+,59+,60+;/m1./s1. The number of hydrogen-bond donors (Lipinski definition) is 12. The number of carbonyl (C=O) groups excluding carboxylic acids is 5. The number of amides is 5. The molecule has 1 aromatic carbocycles. The number of fused-ring (bicyclic) bond motifs is 7. The average Bonchev–Trinajstić information content (AvgIpc) is 1.53. The van der Waals surface area contributed by atoms with Crippen molar-refractivity contribution >= 4 is 77.3 Å². The maximum atomic E-state index is 14.3. The summed E-state index contributed by atoms with van der Waals surface area (Å²) in [6.45, 7) is 15.1. The number of phosphoric ester groups is 1. The number of aliphatic hydroxyl groups is 2. The monoisotopic (exact) mass is 1320 g/mol. The third-order valence-corrected chi connectivity index (χ3v) is 21.1. The molecule has 1 aromatic heterocycles. The summed E-state index contributed by atoms with van der Waals surface area (Å²) in [5.41, 5.74) is 22.8. The number of allylic oxidation sites excluding steroid dienone is 6. The quantitative estimate of drug-likeness (QED) is 0.0364. The molecular weight excluding hydrogens is 1230 g/mol. The fourth-order valence-corrected chi connectivity index (χ4v) is 16.3. The second-order valence-electron chi connectivity index (χ2n) is 26.2. The number of aromatic nitrogens is 2. The predicted octanol–water partition coefficient (Wildman–Crippen LogP) is 1.95. The summed E-state index contributed by atoms with van der Waals surface area (Å²) in [5.74, 6) is -8.02. The Morgan fingerprint density at radius 3 is 2.12 bits per heavy atom. The Morgan fingerprint density at radius 1 is 0.889 bits per heavy atom. The van der Waals surface area contributed by atoms with Crippen LogP contribution in [0.3, 0.4) is 0 Å². The molecule has 2 fully saturated rings. The summed E-state index contributed by atoms with van der Waals surface area (Å²) in [4.78, 5) is 99.9. The predicted molar refractivity (Wildman–Crippen MR) is 323 cm³/mol. The maximum Gasteiger partial charge on any atom is 0.472 e. The van der Waals surface area contributed by atoms with Crippen molar-refractivity contribution in [3.05, 3.63) is 58.8 Å². The molecule has 90 heavy (non-hydrogen) atoms. The number of carbonyl (C=O) groups is 5. The molecule has 0 aliphatic carbocycles. The molecule has 28 nitrogen and oxygen atoms in total. The van der Waals surface area contributed by atoms with Gasteiger partial charge >= 0.3 is 7.82 Å². The summed E-state index contributed by atoms with van der Waals surface area (Å²) in [7, 11) is -5.10. The molecule has 2 saturated heterocycles. The van der Waals surface area contributed by atoms with Gasteiger partial charge in [-0.15, -0.1) is 0 Å². The third-order valence-electron chi connectivity index (χ3n) is 19.9. The van der Waals surface area contributed by atoms with E-state index in [9.17, 15) is 59.0 Å². The molecule has 8 rings (SSSR count). The molecule has 16 N–H and O–H groups in total. The minimum absolute atomic E-state index is 0. The van der Waals surface area contributed by atoms with E-state index >= 15 is 0 Å². The third kappa shape index (κ3) is 13.5. The zero-order valence-electron chi connectivity index (χ0n) is 52.0. The van der Waals surface area contributed by atoms with Crippen molar-refractivity contribution in [2.45, 2.75) is 175 Å². The number of aliphatic imine (C=N–C) groups is 3. The van der Waals surface area contributed by atoms with Crippen LogP contribution in [0.15, 0.2) is 73.8 Å². The first-order valence-electron chi connectivity index (χ1n) is 29.8. The molecule has 0 saturated carbocycles. The molecule has 1 unspecified atom stereocenters. The van der Waals surface area contributed by atoms with E-state index in [1.165, 1.54) is 36.0 Å². The van der Waals surface area contributed by atoms with Crippen molar-refractivity contribution in [2.75, 3.05) is 13.2 Å². The minimum Gasteiger partial charge on any atom is -0.862 e. The molecule has 495 valence electrons. The van der Waals surface area contributed by atoms with Crippen LogP contribution in [0.5, 0.6) is 5.75 Å². The maximum absolute atomic E-state index is 14.3. The Labute approximate surface area is 531 Å². The van der Waals surface area contributed by atoms with Crippen LogP contribution in [0.2, 0.25) is 0 Å². The average molecular weight is 1320 g/mol. The van der Waals surface area contributed by atoms with E-state index in [-0.39, 0.29) is 99.7 Å². The van der Waals surface area contributed by atoms with E-state index in [1.807, 2.05) is 40.7 Å². The normalized spacial score (nSPS) is 31.9. The Kier molecular flexibility index (Phi) is 20.8. The Bertz CT molecular complexity index is 3490. The van der Waals surface area contributed by atoms with Crippen molar-refractivity contribution in [3.8, 4) is 5.75 Å². The number of phosphoric acid groups is 1. The second kappa shape index (κ2) is 26.5. The summed E-state index contributed by atoms with van der Waals surface area (Å²) in [5, 5.41) is 79.0. The van der Waals surface area contributed by atoms with Crippen LogP contribution in [0.1, 0.15) is 139 Å². The number of ether oxygens (including phenoxy) is 1. The smallest absolute Gasteiger partial charge is 0.472 e. The number of hydrogen-bond acceptors (Lipinski definition) is 21. The van der Waals surface area contributed by atoms with Gasteiger partial charge in [0.1, 0.15) is 24.1 Å². The van der Waals surface area contributed by atoms with E-state index in [0.717, 1.165) is 0 Å². The van der Waals surface area contributed by atoms with Crippen molar-refractivity contribution in [1.29, 1.82) is 10.8 Å². The van der Waals surface area contributed by atoms with Gasteiger partial charge in [-0.3, -0.25) is 48.0 Å². The molecule has 1 radical (unpaired) electrons. The molecule has 15 atom stereocenters. The zero-order chi connectivity index (χ0) is 65.8. The van der Waals surface area contributed by atoms with Crippen molar-refractivity contribution in [3.63, 3.8) is 0 Å². The van der Waals surface area contributed by atoms with Crippen LogP contribution in [-0.2, 0) is 59.1 Å². The van der Waals surface area contributed by atoms with Crippen molar-refractivity contribution in [2.24, 2.45) is 83.2 Å². The first kappa shape index (κ1) is 70.8. The molecule has 5 amide bonds. The molecule has 6 aliphatic rings. The van der Waals surface area contributed by atoms with Gasteiger partial charge in [-0.2, -0.15) is 0 Å². The zero-order valence-corrected chi connectivity index (χ0v) is 53.9. The van der Waals surface area contributed by atoms with Crippen molar-refractivity contribution < 1.29 is 89.5 Å². The summed E-state index contributed by atoms with van der Waals surface area (Å²) in [6.07, 6.45) is -5.27. The Morgan fingerprint density at radius 2 is 1.52 bits per heavy atom. The number of imidazole rings is 1. The molecule has 6 aliphatic heterocycles. The van der Waals surface area contributed by atoms with Crippen LogP contribution in [0.25, 0.3) is 11.0 Å². The summed E-state index contributed by atoms with van der Waals surface area (Å²) in [6, 6.07) is 3.25. The fourth-order valence-electron chi connectivity index (χ4n) is 15.2. The SMILES string of the molecule is CC1=C2N=C(C=C3NC(=C(C)C4=N[C@@](C)([C@@H]5N=C1[C@](C)(CCC(=O)NC[C@@H](C)OP(=O)(O)O[C@H]1[C@@H](O)[C@@H](n6cnc7cc(O)ccc76)O[C@@H]1CO)[C@H]5CC(N)=O)[C@@](C)(CC(N)=O)[C@@H]4CCC(N)=O)[C@@](C)(CC(N)=O)[C@@H]3CCC(=N)[O-])C(C)(C)[C@@H]2CCC(=N)[O-].[Co]. The van der Waals surface area contributed by atoms with Crippen LogP contribution >= 0.6 is 7.82 Å². The van der Waals surface area contributed by atoms with Gasteiger partial charge in [0.05, 0.1) is 41.7 Å². The number of nitrogens with zero attached hydrogens (tertiary/aromatic N) is 5. The van der Waals surface area contributed by atoms with Gasteiger partial charge in [-0.25, -0.2) is 9.55 Å². The number of benzene rings is 1. The number of phenols is 1. The molecule has 2 aromatic rings. The van der Waals surface area contributed by atoms with E-state index in [1.54, 1.807) is 20.8 Å². The number of aliphatic hydroxyl groups excluding tert-OH is 2. The summed E-state index contributed by atoms with van der Waals surface area (Å²) < 4.78 is 31.8. The van der Waals surface area contributed by atoms with E-state index in [4.69, 9.17) is 62.5 Å². The number of nitrogens with one attached hydrogen (secondary N) is 4. The number of aromatic hydroxyl groups is 1. The number of rotatable bonds is 26. The second-order valence-corrected chi connectivity index (χ2v) is 27.6. The molecular formula is C60H84CoN13O15P-2. The molecule has 30 heteroatoms.